The second-order valence-electron chi connectivity index (χ2n) is 8.06. The first kappa shape index (κ1) is 25.4. The van der Waals surface area contributed by atoms with Gasteiger partial charge in [0.05, 0.1) is 4.90 Å². The molecule has 0 aliphatic carbocycles. The second-order valence-corrected chi connectivity index (χ2v) is 10.8. The van der Waals surface area contributed by atoms with Crippen molar-refractivity contribution < 1.29 is 18.0 Å². The zero-order valence-corrected chi connectivity index (χ0v) is 21.6. The van der Waals surface area contributed by atoms with E-state index in [0.29, 0.717) is 15.7 Å². The maximum atomic E-state index is 13.6. The Balaban J connectivity index is 1.91. The van der Waals surface area contributed by atoms with Gasteiger partial charge in [-0.1, -0.05) is 29.3 Å². The first-order chi connectivity index (χ1) is 16.9. The van der Waals surface area contributed by atoms with Crippen molar-refractivity contribution in [3.05, 3.63) is 75.4 Å². The molecule has 0 atom stereocenters. The van der Waals surface area contributed by atoms with E-state index in [1.807, 2.05) is 0 Å². The molecule has 0 aliphatic rings. The van der Waals surface area contributed by atoms with Gasteiger partial charge in [-0.15, -0.1) is 0 Å². The molecule has 186 valence electrons. The van der Waals surface area contributed by atoms with Gasteiger partial charge in [0.15, 0.2) is 10.7 Å². The van der Waals surface area contributed by atoms with Crippen LogP contribution in [0.5, 0.6) is 0 Å². The molecule has 0 radical (unpaired) electrons. The fourth-order valence-electron chi connectivity index (χ4n) is 3.56. The quantitative estimate of drug-likeness (QED) is 0.375. The lowest BCUT2D eigenvalue weighted by molar-refractivity contribution is 0.0827. The predicted octanol–water partition coefficient (Wildman–Crippen LogP) is 3.72. The third kappa shape index (κ3) is 4.60. The number of nitrogens with zero attached hydrogens (tertiary/aromatic N) is 4. The van der Waals surface area contributed by atoms with Crippen LogP contribution in [0.1, 0.15) is 26.3 Å². The summed E-state index contributed by atoms with van der Waals surface area (Å²) in [5.74, 6) is -1.09. The van der Waals surface area contributed by atoms with E-state index in [4.69, 9.17) is 28.9 Å². The molecule has 0 saturated heterocycles. The Kier molecular flexibility index (Phi) is 6.65. The topological polar surface area (TPSA) is 140 Å². The molecule has 2 heterocycles. The van der Waals surface area contributed by atoms with Crippen LogP contribution in [0.3, 0.4) is 0 Å². The Morgan fingerprint density at radius 1 is 1.08 bits per heavy atom. The van der Waals surface area contributed by atoms with Gasteiger partial charge in [0, 0.05) is 47.2 Å². The highest BCUT2D eigenvalue weighted by Crippen LogP contribution is 2.31. The van der Waals surface area contributed by atoms with Crippen LogP contribution >= 0.6 is 23.2 Å². The number of nitrogens with one attached hydrogen (secondary N) is 1. The van der Waals surface area contributed by atoms with Crippen molar-refractivity contribution in [2.75, 3.05) is 19.4 Å². The van der Waals surface area contributed by atoms with E-state index in [-0.39, 0.29) is 44.0 Å². The van der Waals surface area contributed by atoms with Gasteiger partial charge in [-0.05, 0) is 43.3 Å². The summed E-state index contributed by atoms with van der Waals surface area (Å²) >= 11 is 12.2. The standard InChI is InChI=1S/C23H20Cl2N6O4S/c1-12-20-27-11-18(19(26)32)21(28-16-9-14(24)8-15(25)10-16)31(20)29-22(12)36(34,35)17-6-4-5-13(7-17)23(33)30(2)3/h4-11,28H,1-3H3,(H2,26,32). The van der Waals surface area contributed by atoms with Crippen molar-refractivity contribution in [2.45, 2.75) is 16.8 Å². The predicted molar refractivity (Wildman–Crippen MR) is 136 cm³/mol. The van der Waals surface area contributed by atoms with Gasteiger partial charge in [-0.2, -0.15) is 9.61 Å². The number of primary amides is 1. The number of benzene rings is 2. The minimum absolute atomic E-state index is 0.0383. The number of aromatic nitrogens is 3. The molecule has 0 saturated carbocycles. The Bertz CT molecular complexity index is 1630. The fraction of sp³-hybridized carbons (Fsp3) is 0.130. The van der Waals surface area contributed by atoms with Gasteiger partial charge in [-0.3, -0.25) is 9.59 Å². The molecule has 0 fully saturated rings. The van der Waals surface area contributed by atoms with Crippen LogP contribution in [-0.4, -0.2) is 53.8 Å². The van der Waals surface area contributed by atoms with Crippen molar-refractivity contribution >= 4 is 62.0 Å². The number of hydrogen-bond donors (Lipinski definition) is 2. The molecule has 0 spiro atoms. The highest BCUT2D eigenvalue weighted by Gasteiger charge is 2.28. The Hall–Kier alpha value is -3.67. The number of sulfone groups is 1. The van der Waals surface area contributed by atoms with Crippen molar-refractivity contribution in [3.63, 3.8) is 0 Å². The number of halogens is 2. The average molecular weight is 547 g/mol. The molecule has 13 heteroatoms. The van der Waals surface area contributed by atoms with Gasteiger partial charge >= 0.3 is 0 Å². The van der Waals surface area contributed by atoms with Gasteiger partial charge in [0.1, 0.15) is 11.4 Å². The largest absolute Gasteiger partial charge is 0.365 e. The molecule has 10 nitrogen and oxygen atoms in total. The molecule has 2 aromatic carbocycles. The fourth-order valence-corrected chi connectivity index (χ4v) is 5.53. The number of rotatable bonds is 6. The van der Waals surface area contributed by atoms with Gasteiger partial charge in [0.2, 0.25) is 9.84 Å². The summed E-state index contributed by atoms with van der Waals surface area (Å²) < 4.78 is 28.3. The molecule has 0 aliphatic heterocycles. The maximum absolute atomic E-state index is 13.6. The summed E-state index contributed by atoms with van der Waals surface area (Å²) in [5.41, 5.74) is 6.54. The zero-order valence-electron chi connectivity index (χ0n) is 19.3. The minimum atomic E-state index is -4.18. The molecule has 3 N–H and O–H groups in total. The Labute approximate surface area is 216 Å². The van der Waals surface area contributed by atoms with Crippen molar-refractivity contribution in [2.24, 2.45) is 5.73 Å². The first-order valence-electron chi connectivity index (χ1n) is 10.4. The molecule has 2 aromatic heterocycles. The SMILES string of the molecule is Cc1c(S(=O)(=O)c2cccc(C(=O)N(C)C)c2)nn2c(Nc3cc(Cl)cc(Cl)c3)c(C(N)=O)cnc12. The van der Waals surface area contributed by atoms with Crippen LogP contribution in [-0.2, 0) is 9.84 Å². The number of nitrogens with two attached hydrogens (primary N) is 1. The number of carbonyl (C=O) groups excluding carboxylic acids is 2. The molecule has 36 heavy (non-hydrogen) atoms. The Morgan fingerprint density at radius 2 is 1.75 bits per heavy atom. The van der Waals surface area contributed by atoms with Gasteiger partial charge in [-0.25, -0.2) is 13.4 Å². The van der Waals surface area contributed by atoms with Crippen LogP contribution in [0, 0.1) is 6.92 Å². The summed E-state index contributed by atoms with van der Waals surface area (Å²) in [6.45, 7) is 1.54. The summed E-state index contributed by atoms with van der Waals surface area (Å²) in [6, 6.07) is 10.3. The average Bonchev–Trinajstić information content (AvgIpc) is 3.15. The summed E-state index contributed by atoms with van der Waals surface area (Å²) in [4.78, 5) is 30.0. The highest BCUT2D eigenvalue weighted by molar-refractivity contribution is 7.91. The van der Waals surface area contributed by atoms with Gasteiger partial charge in [0.25, 0.3) is 11.8 Å². The smallest absolute Gasteiger partial charge is 0.254 e. The molecule has 0 bridgehead atoms. The first-order valence-corrected chi connectivity index (χ1v) is 12.6. The maximum Gasteiger partial charge on any atom is 0.254 e. The van der Waals surface area contributed by atoms with Crippen LogP contribution in [0.4, 0.5) is 11.5 Å². The third-order valence-electron chi connectivity index (χ3n) is 5.27. The van der Waals surface area contributed by atoms with Gasteiger partial charge < -0.3 is 16.0 Å². The summed E-state index contributed by atoms with van der Waals surface area (Å²) in [5, 5.41) is 7.66. The molecule has 0 unspecified atom stereocenters. The van der Waals surface area contributed by atoms with E-state index in [1.54, 1.807) is 33.2 Å². The third-order valence-corrected chi connectivity index (χ3v) is 7.48. The van der Waals surface area contributed by atoms with Crippen LogP contribution in [0.2, 0.25) is 10.0 Å². The van der Waals surface area contributed by atoms with E-state index < -0.39 is 15.7 Å². The summed E-state index contributed by atoms with van der Waals surface area (Å²) in [6.07, 6.45) is 1.23. The monoisotopic (exact) mass is 546 g/mol. The van der Waals surface area contributed by atoms with Crippen molar-refractivity contribution in [3.8, 4) is 0 Å². The van der Waals surface area contributed by atoms with E-state index in [9.17, 15) is 18.0 Å². The van der Waals surface area contributed by atoms with E-state index in [2.05, 4.69) is 15.4 Å². The van der Waals surface area contributed by atoms with E-state index >= 15 is 0 Å². The van der Waals surface area contributed by atoms with E-state index in [1.165, 1.54) is 45.9 Å². The lowest BCUT2D eigenvalue weighted by Crippen LogP contribution is -2.21. The minimum Gasteiger partial charge on any atom is -0.365 e. The van der Waals surface area contributed by atoms with Crippen LogP contribution in [0.15, 0.2) is 58.6 Å². The number of carbonyl (C=O) groups is 2. The molecular weight excluding hydrogens is 527 g/mol. The number of anilines is 2. The molecule has 4 aromatic rings. The normalized spacial score (nSPS) is 11.5. The van der Waals surface area contributed by atoms with Crippen LogP contribution < -0.4 is 11.1 Å². The Morgan fingerprint density at radius 3 is 2.36 bits per heavy atom. The van der Waals surface area contributed by atoms with Crippen molar-refractivity contribution in [1.29, 1.82) is 0 Å². The molecular formula is C23H20Cl2N6O4S. The number of aryl methyl sites for hydroxylation is 1. The molecule has 4 rings (SSSR count). The van der Waals surface area contributed by atoms with Crippen molar-refractivity contribution in [1.82, 2.24) is 19.5 Å². The second kappa shape index (κ2) is 9.41. The highest BCUT2D eigenvalue weighted by atomic mass is 35.5. The zero-order chi connectivity index (χ0) is 26.4. The number of hydrogen-bond acceptors (Lipinski definition) is 7. The van der Waals surface area contributed by atoms with E-state index in [0.717, 1.165) is 0 Å². The lowest BCUT2D eigenvalue weighted by atomic mass is 10.2. The number of fused-ring (bicyclic) bond motifs is 1. The number of amides is 2. The lowest BCUT2D eigenvalue weighted by Gasteiger charge is -2.12. The van der Waals surface area contributed by atoms with Crippen LogP contribution in [0.25, 0.3) is 5.65 Å². The molecule has 2 amide bonds. The summed E-state index contributed by atoms with van der Waals surface area (Å²) in [7, 11) is -1.04.